The van der Waals surface area contributed by atoms with Crippen LogP contribution in [0.4, 0.5) is 0 Å². The molecule has 0 aromatic heterocycles. The topological polar surface area (TPSA) is 92.5 Å². The third-order valence-electron chi connectivity index (χ3n) is 0.716. The van der Waals surface area contributed by atoms with E-state index in [2.05, 4.69) is 0 Å². The predicted molar refractivity (Wildman–Crippen MR) is 49.5 cm³/mol. The Labute approximate surface area is 73.5 Å². The van der Waals surface area contributed by atoms with Crippen LogP contribution >= 0.6 is 0 Å². The van der Waals surface area contributed by atoms with Crippen molar-refractivity contribution in [2.75, 3.05) is 6.61 Å². The van der Waals surface area contributed by atoms with Gasteiger partial charge in [0.2, 0.25) is 0 Å². The number of allylic oxidation sites excluding steroid dienone is 1. The van der Waals surface area contributed by atoms with Crippen molar-refractivity contribution in [3.8, 4) is 0 Å². The summed E-state index contributed by atoms with van der Waals surface area (Å²) in [6, 6.07) is 0. The Balaban J connectivity index is -0.000000177. The van der Waals surface area contributed by atoms with Crippen molar-refractivity contribution in [1.29, 1.82) is 0 Å². The van der Waals surface area contributed by atoms with Crippen molar-refractivity contribution >= 4 is 5.97 Å². The molecule has 0 saturated carbocycles. The van der Waals surface area contributed by atoms with Gasteiger partial charge < -0.3 is 16.4 Å². The minimum Gasteiger partial charge on any atom is -0.478 e. The Morgan fingerprint density at radius 3 is 2.08 bits per heavy atom. The number of carboxylic acid groups (broad SMARTS) is 1. The van der Waals surface area contributed by atoms with Gasteiger partial charge in [-0.1, -0.05) is 19.4 Å². The van der Waals surface area contributed by atoms with Crippen LogP contribution in [0.3, 0.4) is 0 Å². The summed E-state index contributed by atoms with van der Waals surface area (Å²) in [5.41, 5.74) is 0. The molecule has 0 aliphatic heterocycles. The van der Waals surface area contributed by atoms with Gasteiger partial charge >= 0.3 is 5.97 Å². The molecule has 0 aliphatic rings. The maximum Gasteiger partial charge on any atom is 0.327 e. The van der Waals surface area contributed by atoms with Gasteiger partial charge in [0.05, 0.1) is 0 Å². The first kappa shape index (κ1) is 17.3. The molecule has 0 aliphatic carbocycles. The van der Waals surface area contributed by atoms with Gasteiger partial charge in [0.15, 0.2) is 0 Å². The number of rotatable bonds is 3. The molecule has 0 saturated heterocycles. The normalized spacial score (nSPS) is 8.25. The van der Waals surface area contributed by atoms with Crippen LogP contribution < -0.4 is 6.15 Å². The van der Waals surface area contributed by atoms with Crippen LogP contribution in [0.5, 0.6) is 0 Å². The van der Waals surface area contributed by atoms with Crippen LogP contribution in [0.15, 0.2) is 12.2 Å². The van der Waals surface area contributed by atoms with Gasteiger partial charge in [-0.15, -0.1) is 0 Å². The van der Waals surface area contributed by atoms with Crippen molar-refractivity contribution in [3.63, 3.8) is 0 Å². The molecular weight excluding hydrogens is 158 g/mol. The number of hydrogen-bond donors (Lipinski definition) is 3. The van der Waals surface area contributed by atoms with Gasteiger partial charge in [-0.2, -0.15) is 0 Å². The lowest BCUT2D eigenvalue weighted by Gasteiger charge is -1.79. The fourth-order valence-electron chi connectivity index (χ4n) is 0.351. The Bertz CT molecular complexity index is 113. The summed E-state index contributed by atoms with van der Waals surface area (Å²) < 4.78 is 0. The third kappa shape index (κ3) is 35.4. The highest BCUT2D eigenvalue weighted by Crippen LogP contribution is 1.86. The van der Waals surface area contributed by atoms with E-state index in [4.69, 9.17) is 10.2 Å². The quantitative estimate of drug-likeness (QED) is 0.571. The van der Waals surface area contributed by atoms with Crippen molar-refractivity contribution in [2.24, 2.45) is 0 Å². The van der Waals surface area contributed by atoms with Crippen molar-refractivity contribution in [2.45, 2.75) is 26.7 Å². The summed E-state index contributed by atoms with van der Waals surface area (Å²) in [6.45, 7) is 3.94. The van der Waals surface area contributed by atoms with Gasteiger partial charge in [0.1, 0.15) is 0 Å². The molecule has 4 nitrogen and oxygen atoms in total. The number of carboxylic acids is 1. The summed E-state index contributed by atoms with van der Waals surface area (Å²) in [7, 11) is 0. The number of hydrogen-bond acceptors (Lipinski definition) is 3. The van der Waals surface area contributed by atoms with Crippen LogP contribution in [0, 0.1) is 0 Å². The molecule has 0 radical (unpaired) electrons. The van der Waals surface area contributed by atoms with E-state index in [1.165, 1.54) is 6.08 Å². The second-order valence-electron chi connectivity index (χ2n) is 1.85. The Morgan fingerprint density at radius 1 is 1.42 bits per heavy atom. The van der Waals surface area contributed by atoms with E-state index in [1.807, 2.05) is 6.92 Å². The van der Waals surface area contributed by atoms with E-state index in [1.54, 1.807) is 13.0 Å². The van der Waals surface area contributed by atoms with E-state index >= 15 is 0 Å². The Hall–Kier alpha value is -0.870. The SMILES string of the molecule is CCCC=CC(=O)O.CCO.N. The van der Waals surface area contributed by atoms with Gasteiger partial charge in [0, 0.05) is 12.7 Å². The van der Waals surface area contributed by atoms with E-state index in [9.17, 15) is 4.79 Å². The van der Waals surface area contributed by atoms with Crippen LogP contribution in [-0.2, 0) is 4.79 Å². The smallest absolute Gasteiger partial charge is 0.327 e. The number of aliphatic hydroxyl groups excluding tert-OH is 1. The van der Waals surface area contributed by atoms with E-state index in [-0.39, 0.29) is 12.8 Å². The molecule has 0 amide bonds. The van der Waals surface area contributed by atoms with Crippen LogP contribution in [-0.4, -0.2) is 22.8 Å². The first-order valence-corrected chi connectivity index (χ1v) is 3.69. The highest BCUT2D eigenvalue weighted by molar-refractivity contribution is 5.79. The molecule has 0 atom stereocenters. The second-order valence-corrected chi connectivity index (χ2v) is 1.85. The zero-order chi connectivity index (χ0) is 9.11. The van der Waals surface area contributed by atoms with Gasteiger partial charge in [0.25, 0.3) is 0 Å². The summed E-state index contributed by atoms with van der Waals surface area (Å²) >= 11 is 0. The van der Waals surface area contributed by atoms with E-state index < -0.39 is 5.97 Å². The van der Waals surface area contributed by atoms with Crippen LogP contribution in [0.1, 0.15) is 26.7 Å². The lowest BCUT2D eigenvalue weighted by molar-refractivity contribution is -0.131. The molecule has 0 heterocycles. The van der Waals surface area contributed by atoms with Crippen molar-refractivity contribution < 1.29 is 15.0 Å². The van der Waals surface area contributed by atoms with Gasteiger partial charge in [-0.05, 0) is 13.3 Å². The fraction of sp³-hybridized carbons (Fsp3) is 0.625. The molecule has 5 N–H and O–H groups in total. The summed E-state index contributed by atoms with van der Waals surface area (Å²) in [4.78, 5) is 9.79. The monoisotopic (exact) mass is 177 g/mol. The van der Waals surface area contributed by atoms with E-state index in [0.29, 0.717) is 0 Å². The van der Waals surface area contributed by atoms with Crippen LogP contribution in [0.2, 0.25) is 0 Å². The predicted octanol–water partition coefficient (Wildman–Crippen LogP) is 1.59. The average molecular weight is 177 g/mol. The zero-order valence-electron chi connectivity index (χ0n) is 7.79. The molecule has 74 valence electrons. The van der Waals surface area contributed by atoms with E-state index in [0.717, 1.165) is 12.8 Å². The molecule has 0 fully saturated rings. The molecule has 12 heavy (non-hydrogen) atoms. The first-order chi connectivity index (χ1) is 5.18. The Kier molecular flexibility index (Phi) is 23.9. The highest BCUT2D eigenvalue weighted by Gasteiger charge is 1.81. The summed E-state index contributed by atoms with van der Waals surface area (Å²) in [6.07, 6.45) is 4.68. The number of aliphatic hydroxyl groups is 1. The lowest BCUT2D eigenvalue weighted by Crippen LogP contribution is -1.84. The molecule has 0 spiro atoms. The molecule has 0 bridgehead atoms. The summed E-state index contributed by atoms with van der Waals surface area (Å²) in [5.74, 6) is -0.863. The maximum absolute atomic E-state index is 9.79. The molecule has 0 unspecified atom stereocenters. The molecule has 0 rings (SSSR count). The van der Waals surface area contributed by atoms with Crippen molar-refractivity contribution in [1.82, 2.24) is 6.15 Å². The molecule has 4 heteroatoms. The molecule has 0 aromatic carbocycles. The minimum atomic E-state index is -0.863. The standard InChI is InChI=1S/C6H10O2.C2H6O.H3N/c1-2-3-4-5-6(7)8;1-2-3;/h4-5H,2-3H2,1H3,(H,7,8);3H,2H2,1H3;1H3. The number of unbranched alkanes of at least 4 members (excludes halogenated alkanes) is 1. The highest BCUT2D eigenvalue weighted by atomic mass is 16.4. The first-order valence-electron chi connectivity index (χ1n) is 3.69. The number of aliphatic carboxylic acids is 1. The minimum absolute atomic E-state index is 0. The molecule has 0 aromatic rings. The average Bonchev–Trinajstić information content (AvgIpc) is 1.89. The Morgan fingerprint density at radius 2 is 1.83 bits per heavy atom. The van der Waals surface area contributed by atoms with Gasteiger partial charge in [-0.3, -0.25) is 0 Å². The lowest BCUT2D eigenvalue weighted by atomic mass is 10.3. The maximum atomic E-state index is 9.79. The fourth-order valence-corrected chi connectivity index (χ4v) is 0.351. The summed E-state index contributed by atoms with van der Waals surface area (Å²) in [5, 5.41) is 15.6. The van der Waals surface area contributed by atoms with Gasteiger partial charge in [-0.25, -0.2) is 4.79 Å². The largest absolute Gasteiger partial charge is 0.478 e. The number of carbonyl (C=O) groups is 1. The molecular formula is C8H19NO3. The van der Waals surface area contributed by atoms with Crippen LogP contribution in [0.25, 0.3) is 0 Å². The second kappa shape index (κ2) is 16.6. The zero-order valence-corrected chi connectivity index (χ0v) is 7.79. The van der Waals surface area contributed by atoms with Crippen molar-refractivity contribution in [3.05, 3.63) is 12.2 Å². The third-order valence-corrected chi connectivity index (χ3v) is 0.716.